The molecule has 20 heavy (non-hydrogen) atoms. The molecule has 0 aromatic rings. The van der Waals surface area contributed by atoms with Crippen molar-refractivity contribution in [1.82, 2.24) is 0 Å². The Morgan fingerprint density at radius 2 is 1.65 bits per heavy atom. The lowest BCUT2D eigenvalue weighted by Crippen LogP contribution is -2.39. The third-order valence-electron chi connectivity index (χ3n) is 7.30. The van der Waals surface area contributed by atoms with E-state index >= 15 is 0 Å². The molecule has 114 valence electrons. The Balaban J connectivity index is 1.54. The lowest BCUT2D eigenvalue weighted by molar-refractivity contribution is 0.0962. The van der Waals surface area contributed by atoms with Gasteiger partial charge in [0.1, 0.15) is 0 Å². The molecule has 0 amide bonds. The Bertz CT molecular complexity index is 524. The van der Waals surface area contributed by atoms with Crippen LogP contribution in [-0.4, -0.2) is 17.7 Å². The van der Waals surface area contributed by atoms with Gasteiger partial charge in [-0.15, -0.1) is 0 Å². The van der Waals surface area contributed by atoms with Crippen molar-refractivity contribution in [3.8, 4) is 0 Å². The van der Waals surface area contributed by atoms with Crippen LogP contribution in [-0.2, 0) is 10.1 Å². The lowest BCUT2D eigenvalue weighted by atomic mass is 9.66. The van der Waals surface area contributed by atoms with E-state index in [0.29, 0.717) is 12.3 Å². The average Bonchev–Trinajstić information content (AvgIpc) is 3.04. The first kappa shape index (κ1) is 13.6. The second-order valence-electron chi connectivity index (χ2n) is 8.56. The molecular formula is C16H25O3S-. The molecule has 0 spiro atoms. The van der Waals surface area contributed by atoms with Crippen LogP contribution in [0.3, 0.4) is 0 Å². The Hall–Kier alpha value is -0.0900. The summed E-state index contributed by atoms with van der Waals surface area (Å²) in [6, 6.07) is 0. The van der Waals surface area contributed by atoms with Crippen LogP contribution in [0.25, 0.3) is 0 Å². The van der Waals surface area contributed by atoms with Gasteiger partial charge in [0.25, 0.3) is 0 Å². The van der Waals surface area contributed by atoms with Crippen LogP contribution in [0.4, 0.5) is 0 Å². The molecule has 4 aliphatic rings. The summed E-state index contributed by atoms with van der Waals surface area (Å²) in [7, 11) is -4.19. The van der Waals surface area contributed by atoms with Crippen LogP contribution in [0, 0.1) is 41.4 Å². The SMILES string of the molecule is CC(C)(CC1CC2CC1C1C3CCC(C3)C21)S(=O)(=O)[O-]. The van der Waals surface area contributed by atoms with Gasteiger partial charge in [0.15, 0.2) is 0 Å². The summed E-state index contributed by atoms with van der Waals surface area (Å²) in [5, 5.41) is 0. The summed E-state index contributed by atoms with van der Waals surface area (Å²) in [6.45, 7) is 3.25. The molecule has 7 unspecified atom stereocenters. The van der Waals surface area contributed by atoms with Gasteiger partial charge in [0.05, 0.1) is 14.9 Å². The first-order valence-electron chi connectivity index (χ1n) is 8.23. The number of rotatable bonds is 3. The molecular weight excluding hydrogens is 272 g/mol. The van der Waals surface area contributed by atoms with Gasteiger partial charge in [-0.05, 0) is 93.8 Å². The van der Waals surface area contributed by atoms with E-state index in [0.717, 1.165) is 35.5 Å². The Morgan fingerprint density at radius 3 is 2.30 bits per heavy atom. The van der Waals surface area contributed by atoms with E-state index in [4.69, 9.17) is 0 Å². The summed E-state index contributed by atoms with van der Waals surface area (Å²) in [5.74, 6) is 5.80. The summed E-state index contributed by atoms with van der Waals surface area (Å²) in [4.78, 5) is 0. The molecule has 0 heterocycles. The minimum absolute atomic E-state index is 0.485. The van der Waals surface area contributed by atoms with Gasteiger partial charge in [0.2, 0.25) is 0 Å². The zero-order valence-corrected chi connectivity index (χ0v) is 13.2. The van der Waals surface area contributed by atoms with Crippen molar-refractivity contribution >= 4 is 10.1 Å². The number of fused-ring (bicyclic) bond motifs is 9. The fraction of sp³-hybridized carbons (Fsp3) is 1.00. The first-order valence-corrected chi connectivity index (χ1v) is 9.64. The highest BCUT2D eigenvalue weighted by atomic mass is 32.2. The van der Waals surface area contributed by atoms with Crippen LogP contribution < -0.4 is 0 Å². The maximum Gasteiger partial charge on any atom is 0.0999 e. The predicted molar refractivity (Wildman–Crippen MR) is 75.9 cm³/mol. The molecule has 4 fully saturated rings. The van der Waals surface area contributed by atoms with Gasteiger partial charge in [-0.1, -0.05) is 0 Å². The normalized spacial score (nSPS) is 49.9. The van der Waals surface area contributed by atoms with Crippen molar-refractivity contribution in [1.29, 1.82) is 0 Å². The third-order valence-corrected chi connectivity index (χ3v) is 8.82. The van der Waals surface area contributed by atoms with Crippen molar-refractivity contribution in [2.24, 2.45) is 41.4 Å². The molecule has 4 rings (SSSR count). The van der Waals surface area contributed by atoms with Crippen molar-refractivity contribution in [2.75, 3.05) is 0 Å². The molecule has 7 atom stereocenters. The molecule has 4 heteroatoms. The highest BCUT2D eigenvalue weighted by Crippen LogP contribution is 2.69. The average molecular weight is 297 g/mol. The molecule has 0 aromatic heterocycles. The molecule has 0 N–H and O–H groups in total. The van der Waals surface area contributed by atoms with E-state index in [1.165, 1.54) is 32.1 Å². The third kappa shape index (κ3) is 1.70. The van der Waals surface area contributed by atoms with Crippen LogP contribution in [0.5, 0.6) is 0 Å². The monoisotopic (exact) mass is 297 g/mol. The van der Waals surface area contributed by atoms with E-state index in [2.05, 4.69) is 0 Å². The largest absolute Gasteiger partial charge is 0.748 e. The smallest absolute Gasteiger partial charge is 0.0999 e. The van der Waals surface area contributed by atoms with Gasteiger partial charge in [-0.25, -0.2) is 8.42 Å². The van der Waals surface area contributed by atoms with Crippen LogP contribution in [0.15, 0.2) is 0 Å². The topological polar surface area (TPSA) is 57.2 Å². The lowest BCUT2D eigenvalue weighted by Gasteiger charge is -2.41. The van der Waals surface area contributed by atoms with Crippen LogP contribution in [0.1, 0.15) is 52.4 Å². The Morgan fingerprint density at radius 1 is 1.00 bits per heavy atom. The van der Waals surface area contributed by atoms with E-state index in [1.54, 1.807) is 13.8 Å². The van der Waals surface area contributed by atoms with E-state index in [9.17, 15) is 13.0 Å². The fourth-order valence-electron chi connectivity index (χ4n) is 6.67. The van der Waals surface area contributed by atoms with Crippen molar-refractivity contribution in [3.63, 3.8) is 0 Å². The zero-order chi connectivity index (χ0) is 14.3. The molecule has 0 aromatic carbocycles. The Labute approximate surface area is 122 Å². The Kier molecular flexibility index (Phi) is 2.72. The van der Waals surface area contributed by atoms with Gasteiger partial charge >= 0.3 is 0 Å². The summed E-state index contributed by atoms with van der Waals surface area (Å²) < 4.78 is 33.3. The zero-order valence-electron chi connectivity index (χ0n) is 12.4. The second-order valence-corrected chi connectivity index (χ2v) is 10.6. The number of hydrogen-bond acceptors (Lipinski definition) is 3. The molecule has 0 aliphatic heterocycles. The highest BCUT2D eigenvalue weighted by Gasteiger charge is 2.62. The molecule has 4 bridgehead atoms. The van der Waals surface area contributed by atoms with E-state index in [-0.39, 0.29) is 0 Å². The van der Waals surface area contributed by atoms with Gasteiger partial charge in [0, 0.05) is 0 Å². The molecule has 0 saturated heterocycles. The van der Waals surface area contributed by atoms with Gasteiger partial charge < -0.3 is 4.55 Å². The van der Waals surface area contributed by atoms with Crippen LogP contribution >= 0.6 is 0 Å². The summed E-state index contributed by atoms with van der Waals surface area (Å²) in [5.41, 5.74) is 0. The van der Waals surface area contributed by atoms with Crippen molar-refractivity contribution in [2.45, 2.75) is 57.1 Å². The minimum Gasteiger partial charge on any atom is -0.748 e. The molecule has 0 radical (unpaired) electrons. The minimum atomic E-state index is -4.19. The predicted octanol–water partition coefficient (Wildman–Crippen LogP) is 3.02. The molecule has 4 aliphatic carbocycles. The summed E-state index contributed by atoms with van der Waals surface area (Å²) >= 11 is 0. The molecule has 3 nitrogen and oxygen atoms in total. The highest BCUT2D eigenvalue weighted by molar-refractivity contribution is 7.87. The quantitative estimate of drug-likeness (QED) is 0.594. The number of hydrogen-bond donors (Lipinski definition) is 0. The first-order chi connectivity index (χ1) is 9.28. The van der Waals surface area contributed by atoms with Crippen LogP contribution in [0.2, 0.25) is 0 Å². The standard InChI is InChI=1S/C16H26O3S/c1-16(2,20(17,18)19)8-12-6-11-7-13(12)15-10-4-3-9(5-10)14(11)15/h9-15H,3-8H2,1-2H3,(H,17,18,19)/p-1. The van der Waals surface area contributed by atoms with Crippen molar-refractivity contribution < 1.29 is 13.0 Å². The molecule has 4 saturated carbocycles. The van der Waals surface area contributed by atoms with Crippen molar-refractivity contribution in [3.05, 3.63) is 0 Å². The van der Waals surface area contributed by atoms with Gasteiger partial charge in [-0.3, -0.25) is 0 Å². The summed E-state index contributed by atoms with van der Waals surface area (Å²) in [6.07, 6.45) is 7.39. The van der Waals surface area contributed by atoms with E-state index in [1.807, 2.05) is 0 Å². The maximum absolute atomic E-state index is 11.4. The maximum atomic E-state index is 11.4. The fourth-order valence-corrected chi connectivity index (χ4v) is 7.09. The van der Waals surface area contributed by atoms with E-state index < -0.39 is 14.9 Å². The van der Waals surface area contributed by atoms with Gasteiger partial charge in [-0.2, -0.15) is 0 Å². The second kappa shape index (κ2) is 4.01.